The van der Waals surface area contributed by atoms with Crippen LogP contribution in [0.1, 0.15) is 32.6 Å². The van der Waals surface area contributed by atoms with E-state index in [4.69, 9.17) is 0 Å². The van der Waals surface area contributed by atoms with Gasteiger partial charge in [0.05, 0.1) is 5.75 Å². The first-order valence-electron chi connectivity index (χ1n) is 6.03. The fourth-order valence-electron chi connectivity index (χ4n) is 1.90. The first-order chi connectivity index (χ1) is 7.47. The molecule has 94 valence electrons. The van der Waals surface area contributed by atoms with E-state index in [9.17, 15) is 8.42 Å². The van der Waals surface area contributed by atoms with Crippen LogP contribution in [0.15, 0.2) is 12.2 Å². The van der Waals surface area contributed by atoms with Gasteiger partial charge in [0.1, 0.15) is 9.84 Å². The third-order valence-corrected chi connectivity index (χ3v) is 4.03. The summed E-state index contributed by atoms with van der Waals surface area (Å²) in [5.41, 5.74) is 0. The van der Waals surface area contributed by atoms with Crippen LogP contribution in [0.2, 0.25) is 0 Å². The third-order valence-electron chi connectivity index (χ3n) is 3.05. The largest absolute Gasteiger partial charge is 0.314 e. The highest BCUT2D eigenvalue weighted by atomic mass is 32.2. The maximum Gasteiger partial charge on any atom is 0.147 e. The smallest absolute Gasteiger partial charge is 0.147 e. The monoisotopic (exact) mass is 245 g/mol. The van der Waals surface area contributed by atoms with Gasteiger partial charge in [-0.05, 0) is 45.1 Å². The zero-order valence-electron chi connectivity index (χ0n) is 10.3. The summed E-state index contributed by atoms with van der Waals surface area (Å²) in [5.74, 6) is 1.01. The fourth-order valence-corrected chi connectivity index (χ4v) is 2.68. The molecule has 0 bridgehead atoms. The van der Waals surface area contributed by atoms with Crippen molar-refractivity contribution >= 4 is 9.84 Å². The van der Waals surface area contributed by atoms with Gasteiger partial charge in [-0.3, -0.25) is 0 Å². The van der Waals surface area contributed by atoms with Crippen LogP contribution in [0.3, 0.4) is 0 Å². The van der Waals surface area contributed by atoms with Crippen molar-refractivity contribution in [3.8, 4) is 0 Å². The van der Waals surface area contributed by atoms with Crippen LogP contribution < -0.4 is 5.32 Å². The molecule has 0 fully saturated rings. The SMILES string of the molecule is CC(CCS(C)(=O)=O)NCC1CC=CCC1. The summed E-state index contributed by atoms with van der Waals surface area (Å²) < 4.78 is 22.0. The molecule has 0 radical (unpaired) electrons. The van der Waals surface area contributed by atoms with Crippen LogP contribution >= 0.6 is 0 Å². The van der Waals surface area contributed by atoms with Crippen LogP contribution in [-0.4, -0.2) is 33.0 Å². The first-order valence-corrected chi connectivity index (χ1v) is 8.09. The third kappa shape index (κ3) is 6.28. The summed E-state index contributed by atoms with van der Waals surface area (Å²) in [6, 6.07) is 0.292. The lowest BCUT2D eigenvalue weighted by Crippen LogP contribution is -2.32. The molecule has 0 saturated carbocycles. The Kier molecular flexibility index (Phi) is 5.49. The minimum absolute atomic E-state index is 0.283. The lowest BCUT2D eigenvalue weighted by molar-refractivity contribution is 0.407. The van der Waals surface area contributed by atoms with Crippen molar-refractivity contribution in [2.45, 2.75) is 38.6 Å². The highest BCUT2D eigenvalue weighted by Crippen LogP contribution is 2.17. The van der Waals surface area contributed by atoms with Crippen LogP contribution in [0.5, 0.6) is 0 Å². The van der Waals surface area contributed by atoms with E-state index < -0.39 is 9.84 Å². The Morgan fingerprint density at radius 2 is 2.19 bits per heavy atom. The Bertz CT molecular complexity index is 322. The van der Waals surface area contributed by atoms with Crippen molar-refractivity contribution in [1.29, 1.82) is 0 Å². The molecule has 1 aliphatic rings. The van der Waals surface area contributed by atoms with E-state index in [0.29, 0.717) is 12.5 Å². The van der Waals surface area contributed by atoms with Gasteiger partial charge in [-0.1, -0.05) is 12.2 Å². The summed E-state index contributed by atoms with van der Waals surface area (Å²) in [7, 11) is -2.81. The first kappa shape index (κ1) is 13.7. The molecule has 1 rings (SSSR count). The summed E-state index contributed by atoms with van der Waals surface area (Å²) in [5, 5.41) is 3.43. The van der Waals surface area contributed by atoms with Gasteiger partial charge < -0.3 is 5.32 Å². The molecule has 16 heavy (non-hydrogen) atoms. The number of nitrogens with one attached hydrogen (secondary N) is 1. The van der Waals surface area contributed by atoms with Gasteiger partial charge in [-0.2, -0.15) is 0 Å². The van der Waals surface area contributed by atoms with E-state index in [2.05, 4.69) is 24.4 Å². The lowest BCUT2D eigenvalue weighted by Gasteiger charge is -2.21. The highest BCUT2D eigenvalue weighted by molar-refractivity contribution is 7.90. The van der Waals surface area contributed by atoms with E-state index in [1.54, 1.807) is 0 Å². The van der Waals surface area contributed by atoms with Gasteiger partial charge in [0.25, 0.3) is 0 Å². The van der Waals surface area contributed by atoms with E-state index in [0.717, 1.165) is 18.9 Å². The average Bonchev–Trinajstić information content (AvgIpc) is 2.24. The minimum atomic E-state index is -2.81. The molecule has 0 saturated heterocycles. The second-order valence-electron chi connectivity index (χ2n) is 4.88. The normalized spacial score (nSPS) is 23.2. The number of hydrogen-bond donors (Lipinski definition) is 1. The zero-order valence-corrected chi connectivity index (χ0v) is 11.1. The molecule has 4 heteroatoms. The van der Waals surface area contributed by atoms with E-state index in [-0.39, 0.29) is 5.75 Å². The molecule has 2 unspecified atom stereocenters. The van der Waals surface area contributed by atoms with Gasteiger partial charge >= 0.3 is 0 Å². The summed E-state index contributed by atoms with van der Waals surface area (Å²) in [6.45, 7) is 3.07. The number of rotatable bonds is 6. The molecule has 2 atom stereocenters. The molecular weight excluding hydrogens is 222 g/mol. The van der Waals surface area contributed by atoms with Gasteiger partial charge in [-0.25, -0.2) is 8.42 Å². The van der Waals surface area contributed by atoms with E-state index >= 15 is 0 Å². The van der Waals surface area contributed by atoms with E-state index in [1.807, 2.05) is 0 Å². The van der Waals surface area contributed by atoms with Gasteiger partial charge in [0.15, 0.2) is 0 Å². The second-order valence-corrected chi connectivity index (χ2v) is 7.14. The van der Waals surface area contributed by atoms with Crippen LogP contribution in [0, 0.1) is 5.92 Å². The standard InChI is InChI=1S/C12H23NO2S/c1-11(8-9-16(2,14)15)13-10-12-6-4-3-5-7-12/h3-4,11-13H,5-10H2,1-2H3. The molecule has 0 aliphatic heterocycles. The molecule has 1 aliphatic carbocycles. The van der Waals surface area contributed by atoms with Crippen molar-refractivity contribution in [1.82, 2.24) is 5.32 Å². The van der Waals surface area contributed by atoms with Crippen LogP contribution in [0.25, 0.3) is 0 Å². The molecular formula is C12H23NO2S. The Morgan fingerprint density at radius 3 is 2.75 bits per heavy atom. The molecule has 0 aromatic rings. The topological polar surface area (TPSA) is 46.2 Å². The van der Waals surface area contributed by atoms with E-state index in [1.165, 1.54) is 19.1 Å². The molecule has 3 nitrogen and oxygen atoms in total. The van der Waals surface area contributed by atoms with Crippen molar-refractivity contribution in [2.75, 3.05) is 18.6 Å². The van der Waals surface area contributed by atoms with Gasteiger partial charge in [-0.15, -0.1) is 0 Å². The predicted molar refractivity (Wildman–Crippen MR) is 68.3 cm³/mol. The minimum Gasteiger partial charge on any atom is -0.314 e. The van der Waals surface area contributed by atoms with Gasteiger partial charge in [0.2, 0.25) is 0 Å². The summed E-state index contributed by atoms with van der Waals surface area (Å²) in [6.07, 6.45) is 10.1. The Morgan fingerprint density at radius 1 is 1.44 bits per heavy atom. The number of allylic oxidation sites excluding steroid dienone is 2. The molecule has 0 aromatic carbocycles. The molecule has 0 heterocycles. The van der Waals surface area contributed by atoms with Crippen molar-refractivity contribution < 1.29 is 8.42 Å². The number of sulfone groups is 1. The Balaban J connectivity index is 2.14. The molecule has 1 N–H and O–H groups in total. The molecule has 0 amide bonds. The summed E-state index contributed by atoms with van der Waals surface area (Å²) >= 11 is 0. The second kappa shape index (κ2) is 6.40. The van der Waals surface area contributed by atoms with Crippen molar-refractivity contribution in [2.24, 2.45) is 5.92 Å². The van der Waals surface area contributed by atoms with Gasteiger partial charge in [0, 0.05) is 12.3 Å². The zero-order chi connectivity index (χ0) is 12.0. The average molecular weight is 245 g/mol. The number of hydrogen-bond acceptors (Lipinski definition) is 3. The quantitative estimate of drug-likeness (QED) is 0.725. The Labute approximate surface area is 99.2 Å². The highest BCUT2D eigenvalue weighted by Gasteiger charge is 2.12. The van der Waals surface area contributed by atoms with Crippen molar-refractivity contribution in [3.63, 3.8) is 0 Å². The van der Waals surface area contributed by atoms with Crippen LogP contribution in [-0.2, 0) is 9.84 Å². The van der Waals surface area contributed by atoms with Crippen molar-refractivity contribution in [3.05, 3.63) is 12.2 Å². The summed E-state index contributed by atoms with van der Waals surface area (Å²) in [4.78, 5) is 0. The maximum atomic E-state index is 11.0. The lowest BCUT2D eigenvalue weighted by atomic mass is 9.94. The predicted octanol–water partition coefficient (Wildman–Crippen LogP) is 1.76. The van der Waals surface area contributed by atoms with Crippen LogP contribution in [0.4, 0.5) is 0 Å². The maximum absolute atomic E-state index is 11.0. The Hall–Kier alpha value is -0.350. The fraction of sp³-hybridized carbons (Fsp3) is 0.833. The molecule has 0 spiro atoms. The molecule has 0 aromatic heterocycles.